The molecule has 6 rings (SSSR count). The Morgan fingerprint density at radius 1 is 0.619 bits per heavy atom. The number of carbonyl (C=O) groups is 2. The molecule has 0 radical (unpaired) electrons. The fourth-order valence-corrected chi connectivity index (χ4v) is 4.09. The van der Waals surface area contributed by atoms with E-state index in [4.69, 9.17) is 14.6 Å². The number of aromatic hydroxyl groups is 1. The lowest BCUT2D eigenvalue weighted by Crippen LogP contribution is -1.92. The van der Waals surface area contributed by atoms with Crippen LogP contribution in [0, 0.1) is 12.7 Å². The van der Waals surface area contributed by atoms with E-state index in [-0.39, 0.29) is 5.56 Å². The van der Waals surface area contributed by atoms with E-state index in [0.29, 0.717) is 34.8 Å². The van der Waals surface area contributed by atoms with Crippen molar-refractivity contribution < 1.29 is 28.6 Å². The van der Waals surface area contributed by atoms with Crippen molar-refractivity contribution in [1.82, 2.24) is 0 Å². The minimum absolute atomic E-state index is 0.116. The van der Waals surface area contributed by atoms with Gasteiger partial charge in [0, 0.05) is 6.07 Å². The average Bonchev–Trinajstić information content (AvgIpc) is 3.01. The number of benzene rings is 6. The Hall–Kier alpha value is -5.49. The highest BCUT2D eigenvalue weighted by atomic mass is 19.1. The molecule has 5 nitrogen and oxygen atoms in total. The molecule has 0 saturated carbocycles. The van der Waals surface area contributed by atoms with Gasteiger partial charge in [0.15, 0.2) is 12.6 Å². The van der Waals surface area contributed by atoms with E-state index in [2.05, 4.69) is 0 Å². The van der Waals surface area contributed by atoms with Crippen molar-refractivity contribution in [2.75, 3.05) is 7.11 Å². The fraction of sp³-hybridized carbons (Fsp3) is 0.0556. The highest BCUT2D eigenvalue weighted by molar-refractivity contribution is 5.85. The first-order valence-electron chi connectivity index (χ1n) is 13.1. The number of phenols is 1. The van der Waals surface area contributed by atoms with Gasteiger partial charge in [0.1, 0.15) is 28.8 Å². The predicted molar refractivity (Wildman–Crippen MR) is 165 cm³/mol. The summed E-state index contributed by atoms with van der Waals surface area (Å²) in [6.07, 6.45) is 1.28. The third kappa shape index (κ3) is 7.79. The molecule has 0 aliphatic rings. The molecular formula is C36H29FO5. The molecule has 0 aromatic heterocycles. The van der Waals surface area contributed by atoms with Crippen molar-refractivity contribution in [3.05, 3.63) is 144 Å². The van der Waals surface area contributed by atoms with E-state index in [9.17, 15) is 14.0 Å². The van der Waals surface area contributed by atoms with Crippen LogP contribution in [0.5, 0.6) is 23.0 Å². The third-order valence-electron chi connectivity index (χ3n) is 6.31. The third-order valence-corrected chi connectivity index (χ3v) is 6.31. The van der Waals surface area contributed by atoms with Gasteiger partial charge in [-0.1, -0.05) is 66.7 Å². The number of aryl methyl sites for hydroxylation is 1. The van der Waals surface area contributed by atoms with Crippen molar-refractivity contribution in [2.24, 2.45) is 0 Å². The number of phenolic OH excluding ortho intramolecular Hbond substituents is 1. The SMILES string of the molecule is COc1ccc(C=O)c(Oc2ccc3ccccc3c2)c1.Cc1ccc(C=O)c(F)c1.Oc1ccc2ccccc2c1. The first-order chi connectivity index (χ1) is 20.4. The van der Waals surface area contributed by atoms with E-state index in [1.54, 1.807) is 50.4 Å². The number of hydrogen-bond acceptors (Lipinski definition) is 5. The summed E-state index contributed by atoms with van der Waals surface area (Å²) in [7, 11) is 1.58. The van der Waals surface area contributed by atoms with Crippen LogP contribution in [0.15, 0.2) is 121 Å². The van der Waals surface area contributed by atoms with Crippen LogP contribution in [-0.4, -0.2) is 24.8 Å². The lowest BCUT2D eigenvalue weighted by Gasteiger charge is -2.10. The largest absolute Gasteiger partial charge is 0.508 e. The Labute approximate surface area is 243 Å². The number of hydrogen-bond donors (Lipinski definition) is 1. The van der Waals surface area contributed by atoms with E-state index in [0.717, 1.165) is 33.4 Å². The second kappa shape index (κ2) is 14.2. The van der Waals surface area contributed by atoms with E-state index in [1.807, 2.05) is 72.8 Å². The smallest absolute Gasteiger partial charge is 0.153 e. The van der Waals surface area contributed by atoms with Crippen LogP contribution in [-0.2, 0) is 0 Å². The van der Waals surface area contributed by atoms with Crippen LogP contribution in [0.3, 0.4) is 0 Å². The normalized spacial score (nSPS) is 10.1. The van der Waals surface area contributed by atoms with Crippen molar-refractivity contribution in [1.29, 1.82) is 0 Å². The molecule has 0 heterocycles. The molecule has 0 fully saturated rings. The van der Waals surface area contributed by atoms with Crippen LogP contribution in [0.4, 0.5) is 4.39 Å². The fourth-order valence-electron chi connectivity index (χ4n) is 4.09. The molecule has 0 aliphatic carbocycles. The zero-order valence-electron chi connectivity index (χ0n) is 23.2. The first kappa shape index (κ1) is 29.5. The molecule has 0 aliphatic heterocycles. The molecule has 6 aromatic rings. The van der Waals surface area contributed by atoms with Crippen LogP contribution in [0.2, 0.25) is 0 Å². The van der Waals surface area contributed by atoms with Crippen LogP contribution < -0.4 is 9.47 Å². The number of methoxy groups -OCH3 is 1. The van der Waals surface area contributed by atoms with E-state index >= 15 is 0 Å². The Bertz CT molecular complexity index is 1830. The van der Waals surface area contributed by atoms with Gasteiger partial charge in [0.05, 0.1) is 18.2 Å². The van der Waals surface area contributed by atoms with Crippen LogP contribution >= 0.6 is 0 Å². The first-order valence-corrected chi connectivity index (χ1v) is 13.1. The highest BCUT2D eigenvalue weighted by Crippen LogP contribution is 2.30. The highest BCUT2D eigenvalue weighted by Gasteiger charge is 2.07. The van der Waals surface area contributed by atoms with E-state index < -0.39 is 5.82 Å². The van der Waals surface area contributed by atoms with Crippen molar-refractivity contribution >= 4 is 34.1 Å². The zero-order valence-corrected chi connectivity index (χ0v) is 23.2. The predicted octanol–water partition coefficient (Wildman–Crippen LogP) is 8.95. The Morgan fingerprint density at radius 2 is 1.19 bits per heavy atom. The molecule has 0 bridgehead atoms. The van der Waals surface area contributed by atoms with Crippen LogP contribution in [0.1, 0.15) is 26.3 Å². The molecule has 0 amide bonds. The lowest BCUT2D eigenvalue weighted by molar-refractivity contribution is 0.111. The summed E-state index contributed by atoms with van der Waals surface area (Å²) in [4.78, 5) is 21.2. The average molecular weight is 561 g/mol. The quantitative estimate of drug-likeness (QED) is 0.213. The molecule has 0 atom stereocenters. The Balaban J connectivity index is 0.000000162. The van der Waals surface area contributed by atoms with Gasteiger partial charge in [-0.15, -0.1) is 0 Å². The number of rotatable bonds is 5. The Kier molecular flexibility index (Phi) is 9.99. The minimum Gasteiger partial charge on any atom is -0.508 e. The van der Waals surface area contributed by atoms with Gasteiger partial charge < -0.3 is 14.6 Å². The molecule has 210 valence electrons. The van der Waals surface area contributed by atoms with Crippen molar-refractivity contribution in [3.63, 3.8) is 0 Å². The molecule has 6 aromatic carbocycles. The number of fused-ring (bicyclic) bond motifs is 2. The monoisotopic (exact) mass is 560 g/mol. The number of ether oxygens (including phenoxy) is 2. The number of carbonyl (C=O) groups excluding carboxylic acids is 2. The van der Waals surface area contributed by atoms with Gasteiger partial charge in [-0.25, -0.2) is 4.39 Å². The maximum absolute atomic E-state index is 12.6. The lowest BCUT2D eigenvalue weighted by atomic mass is 10.1. The second-order valence-corrected chi connectivity index (χ2v) is 9.31. The number of halogens is 1. The summed E-state index contributed by atoms with van der Waals surface area (Å²) in [5.41, 5.74) is 1.43. The molecule has 0 unspecified atom stereocenters. The molecule has 0 spiro atoms. The summed E-state index contributed by atoms with van der Waals surface area (Å²) >= 11 is 0. The molecular weight excluding hydrogens is 531 g/mol. The zero-order chi connectivity index (χ0) is 29.9. The summed E-state index contributed by atoms with van der Waals surface area (Å²) in [6, 6.07) is 36.8. The Morgan fingerprint density at radius 3 is 1.81 bits per heavy atom. The number of aldehydes is 2. The summed E-state index contributed by atoms with van der Waals surface area (Å²) < 4.78 is 23.6. The van der Waals surface area contributed by atoms with Gasteiger partial charge in [0.25, 0.3) is 0 Å². The van der Waals surface area contributed by atoms with Gasteiger partial charge >= 0.3 is 0 Å². The summed E-state index contributed by atoms with van der Waals surface area (Å²) in [5, 5.41) is 13.6. The maximum Gasteiger partial charge on any atom is 0.153 e. The summed E-state index contributed by atoms with van der Waals surface area (Å²) in [5.74, 6) is 1.69. The maximum atomic E-state index is 12.6. The summed E-state index contributed by atoms with van der Waals surface area (Å²) in [6.45, 7) is 1.78. The molecule has 6 heteroatoms. The van der Waals surface area contributed by atoms with Crippen molar-refractivity contribution in [3.8, 4) is 23.0 Å². The minimum atomic E-state index is -0.449. The standard InChI is InChI=1S/C18H14O3.C10H8O.C8H7FO/c1-20-16-8-7-15(12-19)18(11-16)21-17-9-6-13-4-2-3-5-14(13)10-17;11-10-6-5-8-3-1-2-4-9(8)7-10;1-6-2-3-7(5-10)8(9)4-6/h2-12H,1H3;1-7,11H;2-5H,1H3. The topological polar surface area (TPSA) is 72.8 Å². The molecule has 42 heavy (non-hydrogen) atoms. The van der Waals surface area contributed by atoms with E-state index in [1.165, 1.54) is 12.1 Å². The van der Waals surface area contributed by atoms with Gasteiger partial charge in [-0.05, 0) is 82.6 Å². The second-order valence-electron chi connectivity index (χ2n) is 9.31. The van der Waals surface area contributed by atoms with Gasteiger partial charge in [-0.3, -0.25) is 9.59 Å². The van der Waals surface area contributed by atoms with Crippen LogP contribution in [0.25, 0.3) is 21.5 Å². The molecule has 0 saturated heterocycles. The molecule has 1 N–H and O–H groups in total. The van der Waals surface area contributed by atoms with Gasteiger partial charge in [0.2, 0.25) is 0 Å². The van der Waals surface area contributed by atoms with Gasteiger partial charge in [-0.2, -0.15) is 0 Å². The van der Waals surface area contributed by atoms with Crippen molar-refractivity contribution in [2.45, 2.75) is 6.92 Å².